The van der Waals surface area contributed by atoms with Crippen LogP contribution in [0.5, 0.6) is 0 Å². The zero-order chi connectivity index (χ0) is 16.3. The normalized spacial score (nSPS) is 14.0. The first-order valence-corrected chi connectivity index (χ1v) is 7.66. The number of nitrogens with two attached hydrogens (primary N) is 1. The molecule has 11 nitrogen and oxygen atoms in total. The van der Waals surface area contributed by atoms with E-state index in [0.717, 1.165) is 6.08 Å². The highest BCUT2D eigenvalue weighted by molar-refractivity contribution is 7.55. The highest BCUT2D eigenvalue weighted by atomic mass is 31.2. The molecular formula is C10H14N5O6P. The van der Waals surface area contributed by atoms with E-state index in [1.54, 1.807) is 0 Å². The van der Waals surface area contributed by atoms with Crippen molar-refractivity contribution in [2.75, 3.05) is 12.3 Å². The number of aliphatic hydroxyl groups excluding tert-OH is 1. The largest absolute Gasteiger partial charge is 0.393 e. The molecule has 0 unspecified atom stereocenters. The van der Waals surface area contributed by atoms with Crippen molar-refractivity contribution in [1.29, 1.82) is 0 Å². The van der Waals surface area contributed by atoms with Gasteiger partial charge in [-0.15, -0.1) is 0 Å². The number of hydrogen-bond acceptors (Lipinski definition) is 7. The summed E-state index contributed by atoms with van der Waals surface area (Å²) in [4.78, 5) is 39.1. The summed E-state index contributed by atoms with van der Waals surface area (Å²) in [5.74, 6) is 0.556. The summed E-state index contributed by atoms with van der Waals surface area (Å²) in [5, 5.41) is 9.11. The number of aromatic amines is 1. The number of nitrogens with one attached hydrogen (secondary N) is 1. The summed E-state index contributed by atoms with van der Waals surface area (Å²) in [5.41, 5.74) is 5.21. The van der Waals surface area contributed by atoms with Gasteiger partial charge in [0.1, 0.15) is 12.8 Å². The minimum atomic E-state index is -4.33. The minimum absolute atomic E-state index is 0.0732. The van der Waals surface area contributed by atoms with Gasteiger partial charge in [0.25, 0.3) is 5.56 Å². The van der Waals surface area contributed by atoms with Crippen molar-refractivity contribution in [1.82, 2.24) is 19.5 Å². The highest BCUT2D eigenvalue weighted by Crippen LogP contribution is 2.36. The molecule has 2 heterocycles. The number of anilines is 1. The van der Waals surface area contributed by atoms with Crippen LogP contribution in [0.4, 0.5) is 5.95 Å². The lowest BCUT2D eigenvalue weighted by Crippen LogP contribution is -2.18. The Bertz CT molecular complexity index is 793. The lowest BCUT2D eigenvalue weighted by atomic mass is 10.4. The van der Waals surface area contributed by atoms with E-state index < -0.39 is 25.9 Å². The highest BCUT2D eigenvalue weighted by Gasteiger charge is 2.12. The quantitative estimate of drug-likeness (QED) is 0.404. The van der Waals surface area contributed by atoms with E-state index in [4.69, 9.17) is 25.4 Å². The molecule has 2 rings (SSSR count). The number of H-pyrrole nitrogens is 1. The number of nitrogen functional groups attached to an aromatic ring is 1. The molecule has 0 aliphatic rings. The number of rotatable bonds is 6. The molecule has 1 atom stereocenters. The molecule has 120 valence electrons. The third-order valence-corrected chi connectivity index (χ3v) is 3.16. The lowest BCUT2D eigenvalue weighted by molar-refractivity contribution is 0.00468. The summed E-state index contributed by atoms with van der Waals surface area (Å²) >= 11 is 0. The van der Waals surface area contributed by atoms with Gasteiger partial charge in [0, 0.05) is 5.82 Å². The van der Waals surface area contributed by atoms with Gasteiger partial charge in [0.05, 0.1) is 12.9 Å². The Labute approximate surface area is 123 Å². The van der Waals surface area contributed by atoms with Gasteiger partial charge in [0.2, 0.25) is 5.95 Å². The van der Waals surface area contributed by atoms with Crippen LogP contribution in [0.2, 0.25) is 0 Å². The lowest BCUT2D eigenvalue weighted by Gasteiger charge is -2.12. The zero-order valence-electron chi connectivity index (χ0n) is 11.2. The van der Waals surface area contributed by atoms with Crippen molar-refractivity contribution in [3.05, 3.63) is 28.6 Å². The van der Waals surface area contributed by atoms with Crippen LogP contribution < -0.4 is 11.3 Å². The molecule has 0 spiro atoms. The fraction of sp³-hybridized carbons (Fsp3) is 0.300. The zero-order valence-corrected chi connectivity index (χ0v) is 12.1. The molecule has 0 aliphatic heterocycles. The second kappa shape index (κ2) is 6.38. The van der Waals surface area contributed by atoms with Gasteiger partial charge in [-0.2, -0.15) is 4.98 Å². The van der Waals surface area contributed by atoms with Crippen LogP contribution in [0.1, 0.15) is 0 Å². The Hall–Kier alpha value is -2.04. The molecule has 0 bridgehead atoms. The fourth-order valence-corrected chi connectivity index (χ4v) is 2.03. The number of aromatic nitrogens is 4. The maximum Gasteiger partial charge on any atom is 0.348 e. The first-order chi connectivity index (χ1) is 10.3. The predicted octanol–water partition coefficient (Wildman–Crippen LogP) is -1.27. The fourth-order valence-electron chi connectivity index (χ4n) is 1.62. The van der Waals surface area contributed by atoms with Crippen LogP contribution >= 0.6 is 7.60 Å². The molecule has 0 radical (unpaired) electrons. The van der Waals surface area contributed by atoms with Crippen LogP contribution in [0.3, 0.4) is 0 Å². The number of ether oxygens (including phenoxy) is 1. The van der Waals surface area contributed by atoms with Crippen molar-refractivity contribution in [3.63, 3.8) is 0 Å². The standard InChI is InChI=1S/C10H14N5O6P/c11-10-13-8-7(9(17)14-10)12-4-15(8)5-21-6(3-16)1-2-22(18,19)20/h1-2,4,6,16H,3,5H2,(H2,18,19,20)(H3,11,13,14,17)/b2-1+/t6-/m1/s1. The number of imidazole rings is 1. The van der Waals surface area contributed by atoms with E-state index in [2.05, 4.69) is 15.0 Å². The van der Waals surface area contributed by atoms with E-state index >= 15 is 0 Å². The van der Waals surface area contributed by atoms with E-state index in [-0.39, 0.29) is 23.8 Å². The van der Waals surface area contributed by atoms with Crippen LogP contribution in [0, 0.1) is 0 Å². The van der Waals surface area contributed by atoms with Crippen LogP contribution in [0.15, 0.2) is 23.0 Å². The number of hydrogen-bond donors (Lipinski definition) is 5. The molecule has 0 saturated carbocycles. The van der Waals surface area contributed by atoms with Crippen LogP contribution in [-0.4, -0.2) is 47.1 Å². The third kappa shape index (κ3) is 4.00. The van der Waals surface area contributed by atoms with E-state index in [9.17, 15) is 9.36 Å². The first-order valence-electron chi connectivity index (χ1n) is 5.98. The van der Waals surface area contributed by atoms with Crippen molar-refractivity contribution >= 4 is 24.7 Å². The molecule has 0 saturated heterocycles. The summed E-state index contributed by atoms with van der Waals surface area (Å²) in [6.07, 6.45) is 1.41. The van der Waals surface area contributed by atoms with Gasteiger partial charge >= 0.3 is 7.60 Å². The molecule has 2 aromatic heterocycles. The molecule has 22 heavy (non-hydrogen) atoms. The Balaban J connectivity index is 2.16. The van der Waals surface area contributed by atoms with Gasteiger partial charge < -0.3 is 25.4 Å². The maximum absolute atomic E-state index is 11.6. The monoisotopic (exact) mass is 331 g/mol. The molecular weight excluding hydrogens is 317 g/mol. The Morgan fingerprint density at radius 3 is 2.91 bits per heavy atom. The van der Waals surface area contributed by atoms with E-state index in [0.29, 0.717) is 5.82 Å². The number of aliphatic hydroxyl groups is 1. The van der Waals surface area contributed by atoms with Crippen molar-refractivity contribution in [2.45, 2.75) is 12.8 Å². The first kappa shape index (κ1) is 16.3. The van der Waals surface area contributed by atoms with Crippen molar-refractivity contribution < 1.29 is 24.2 Å². The molecule has 0 aliphatic carbocycles. The number of nitrogens with zero attached hydrogens (tertiary/aromatic N) is 3. The average Bonchev–Trinajstić information content (AvgIpc) is 2.81. The Kier molecular flexibility index (Phi) is 4.74. The summed E-state index contributed by atoms with van der Waals surface area (Å²) in [7, 11) is -4.33. The number of fused-ring (bicyclic) bond motifs is 1. The maximum atomic E-state index is 11.6. The van der Waals surface area contributed by atoms with Crippen molar-refractivity contribution in [2.24, 2.45) is 0 Å². The summed E-state index contributed by atoms with van der Waals surface area (Å²) in [6, 6.07) is 0. The molecule has 2 aromatic rings. The molecule has 6 N–H and O–H groups in total. The third-order valence-electron chi connectivity index (χ3n) is 2.60. The Morgan fingerprint density at radius 2 is 2.27 bits per heavy atom. The predicted molar refractivity (Wildman–Crippen MR) is 75.7 cm³/mol. The average molecular weight is 331 g/mol. The Morgan fingerprint density at radius 1 is 1.55 bits per heavy atom. The van der Waals surface area contributed by atoms with Gasteiger partial charge in [-0.1, -0.05) is 0 Å². The van der Waals surface area contributed by atoms with E-state index in [1.165, 1.54) is 10.9 Å². The molecule has 12 heteroatoms. The van der Waals surface area contributed by atoms with Crippen LogP contribution in [-0.2, 0) is 16.0 Å². The van der Waals surface area contributed by atoms with Crippen molar-refractivity contribution in [3.8, 4) is 0 Å². The molecule has 0 amide bonds. The van der Waals surface area contributed by atoms with Gasteiger partial charge in [0.15, 0.2) is 11.2 Å². The SMILES string of the molecule is Nc1nc2c(ncn2CO[C@H](/C=C/P(=O)(O)O)CO)c(=O)[nH]1. The smallest absolute Gasteiger partial charge is 0.348 e. The second-order valence-corrected chi connectivity index (χ2v) is 5.76. The summed E-state index contributed by atoms with van der Waals surface area (Å²) < 4.78 is 17.4. The topological polar surface area (TPSA) is 177 Å². The van der Waals surface area contributed by atoms with Gasteiger partial charge in [-0.3, -0.25) is 18.9 Å². The van der Waals surface area contributed by atoms with Crippen LogP contribution in [0.25, 0.3) is 11.2 Å². The minimum Gasteiger partial charge on any atom is -0.393 e. The van der Waals surface area contributed by atoms with Gasteiger partial charge in [-0.05, 0) is 6.08 Å². The van der Waals surface area contributed by atoms with Gasteiger partial charge in [-0.25, -0.2) is 4.98 Å². The van der Waals surface area contributed by atoms with E-state index in [1.807, 2.05) is 0 Å². The molecule has 0 aromatic carbocycles. The summed E-state index contributed by atoms with van der Waals surface area (Å²) in [6.45, 7) is -0.637. The molecule has 0 fully saturated rings. The second-order valence-electron chi connectivity index (χ2n) is 4.29.